The summed E-state index contributed by atoms with van der Waals surface area (Å²) in [6, 6.07) is -0.546. The number of amides is 2. The molecule has 1 rings (SSSR count). The first-order valence-corrected chi connectivity index (χ1v) is 6.54. The van der Waals surface area contributed by atoms with Crippen molar-refractivity contribution < 1.29 is 14.3 Å². The summed E-state index contributed by atoms with van der Waals surface area (Å²) in [6.45, 7) is 5.86. The molecule has 0 aromatic heterocycles. The number of carbonyl (C=O) groups excluding carboxylic acids is 2. The van der Waals surface area contributed by atoms with E-state index in [1.165, 1.54) is 7.11 Å². The number of alkyl carbamates (subject to hydrolysis) is 1. The van der Waals surface area contributed by atoms with Gasteiger partial charge in [-0.3, -0.25) is 4.79 Å². The third-order valence-corrected chi connectivity index (χ3v) is 3.54. The second-order valence-electron chi connectivity index (χ2n) is 5.61. The van der Waals surface area contributed by atoms with E-state index >= 15 is 0 Å². The fourth-order valence-electron chi connectivity index (χ4n) is 2.38. The lowest BCUT2D eigenvalue weighted by Gasteiger charge is -2.29. The van der Waals surface area contributed by atoms with E-state index in [0.717, 1.165) is 25.7 Å². The minimum absolute atomic E-state index is 0.0223. The van der Waals surface area contributed by atoms with Crippen molar-refractivity contribution in [3.63, 3.8) is 0 Å². The second kappa shape index (κ2) is 6.07. The molecule has 0 bridgehead atoms. The quantitative estimate of drug-likeness (QED) is 0.806. The molecule has 1 aliphatic carbocycles. The Morgan fingerprint density at radius 1 is 1.22 bits per heavy atom. The Bertz CT molecular complexity index is 309. The van der Waals surface area contributed by atoms with Crippen LogP contribution >= 0.6 is 0 Å². The smallest absolute Gasteiger partial charge is 0.407 e. The zero-order chi connectivity index (χ0) is 13.8. The van der Waals surface area contributed by atoms with E-state index in [1.807, 2.05) is 13.8 Å². The Kier molecular flexibility index (Phi) is 4.99. The van der Waals surface area contributed by atoms with Crippen molar-refractivity contribution in [3.05, 3.63) is 0 Å². The van der Waals surface area contributed by atoms with Crippen molar-refractivity contribution in [1.29, 1.82) is 0 Å². The standard InChI is InChI=1S/C13H24N2O3/c1-9(2)10(14-12(17)18-4)11(16)15-13(3)7-5-6-8-13/h9-10H,5-8H2,1-4H3,(H,14,17)(H,15,16)/t10-/m1/s1. The van der Waals surface area contributed by atoms with Crippen LogP contribution in [-0.4, -0.2) is 30.7 Å². The molecule has 0 aliphatic heterocycles. The molecular formula is C13H24N2O3. The van der Waals surface area contributed by atoms with Gasteiger partial charge in [0.05, 0.1) is 7.11 Å². The largest absolute Gasteiger partial charge is 0.453 e. The molecule has 18 heavy (non-hydrogen) atoms. The van der Waals surface area contributed by atoms with Gasteiger partial charge in [-0.15, -0.1) is 0 Å². The van der Waals surface area contributed by atoms with Crippen molar-refractivity contribution in [2.75, 3.05) is 7.11 Å². The molecule has 0 heterocycles. The van der Waals surface area contributed by atoms with Crippen LogP contribution < -0.4 is 10.6 Å². The van der Waals surface area contributed by atoms with Crippen molar-refractivity contribution in [2.45, 2.75) is 58.0 Å². The van der Waals surface area contributed by atoms with Crippen LogP contribution in [0.25, 0.3) is 0 Å². The number of ether oxygens (including phenoxy) is 1. The third-order valence-electron chi connectivity index (χ3n) is 3.54. The number of nitrogens with one attached hydrogen (secondary N) is 2. The summed E-state index contributed by atoms with van der Waals surface area (Å²) < 4.78 is 4.55. The summed E-state index contributed by atoms with van der Waals surface area (Å²) in [5, 5.41) is 5.64. The van der Waals surface area contributed by atoms with Crippen LogP contribution in [0.1, 0.15) is 46.5 Å². The molecule has 0 unspecified atom stereocenters. The van der Waals surface area contributed by atoms with Gasteiger partial charge < -0.3 is 15.4 Å². The van der Waals surface area contributed by atoms with E-state index < -0.39 is 12.1 Å². The summed E-state index contributed by atoms with van der Waals surface area (Å²) in [4.78, 5) is 23.5. The highest BCUT2D eigenvalue weighted by atomic mass is 16.5. The zero-order valence-corrected chi connectivity index (χ0v) is 11.7. The molecule has 0 aromatic rings. The number of methoxy groups -OCH3 is 1. The maximum absolute atomic E-state index is 12.2. The molecule has 2 amide bonds. The van der Waals surface area contributed by atoms with Crippen molar-refractivity contribution >= 4 is 12.0 Å². The highest BCUT2D eigenvalue weighted by Gasteiger charge is 2.34. The fraction of sp³-hybridized carbons (Fsp3) is 0.846. The fourth-order valence-corrected chi connectivity index (χ4v) is 2.38. The van der Waals surface area contributed by atoms with Crippen molar-refractivity contribution in [2.24, 2.45) is 5.92 Å². The van der Waals surface area contributed by atoms with E-state index in [9.17, 15) is 9.59 Å². The van der Waals surface area contributed by atoms with Crippen LogP contribution in [-0.2, 0) is 9.53 Å². The Balaban J connectivity index is 2.62. The van der Waals surface area contributed by atoms with Gasteiger partial charge in [-0.1, -0.05) is 26.7 Å². The molecule has 0 saturated heterocycles. The minimum atomic E-state index is -0.569. The average Bonchev–Trinajstić information content (AvgIpc) is 2.71. The Labute approximate surface area is 109 Å². The number of rotatable bonds is 4. The van der Waals surface area contributed by atoms with Gasteiger partial charge in [-0.25, -0.2) is 4.79 Å². The molecule has 0 radical (unpaired) electrons. The Morgan fingerprint density at radius 2 is 1.78 bits per heavy atom. The molecule has 5 nitrogen and oxygen atoms in total. The highest BCUT2D eigenvalue weighted by Crippen LogP contribution is 2.29. The predicted octanol–water partition coefficient (Wildman–Crippen LogP) is 1.82. The monoisotopic (exact) mass is 256 g/mol. The summed E-state index contributed by atoms with van der Waals surface area (Å²) in [5.41, 5.74) is -0.123. The molecule has 2 N–H and O–H groups in total. The Hall–Kier alpha value is -1.26. The first kappa shape index (κ1) is 14.8. The first-order chi connectivity index (χ1) is 8.38. The number of hydrogen-bond acceptors (Lipinski definition) is 3. The molecule has 104 valence electrons. The molecule has 5 heteroatoms. The van der Waals surface area contributed by atoms with E-state index in [1.54, 1.807) is 0 Å². The number of carbonyl (C=O) groups is 2. The van der Waals surface area contributed by atoms with Gasteiger partial charge in [0.2, 0.25) is 5.91 Å². The molecule has 1 atom stereocenters. The second-order valence-corrected chi connectivity index (χ2v) is 5.61. The van der Waals surface area contributed by atoms with Crippen molar-refractivity contribution in [3.8, 4) is 0 Å². The van der Waals surface area contributed by atoms with Crippen LogP contribution in [0.2, 0.25) is 0 Å². The molecule has 1 fully saturated rings. The molecule has 0 aromatic carbocycles. The van der Waals surface area contributed by atoms with Gasteiger partial charge in [0, 0.05) is 5.54 Å². The maximum Gasteiger partial charge on any atom is 0.407 e. The Morgan fingerprint density at radius 3 is 2.22 bits per heavy atom. The van der Waals surface area contributed by atoms with Gasteiger partial charge in [0.1, 0.15) is 6.04 Å². The van der Waals surface area contributed by atoms with Crippen LogP contribution in [0.5, 0.6) is 0 Å². The average molecular weight is 256 g/mol. The summed E-state index contributed by atoms with van der Waals surface area (Å²) in [5.74, 6) is -0.103. The lowest BCUT2D eigenvalue weighted by atomic mass is 9.97. The maximum atomic E-state index is 12.2. The third kappa shape index (κ3) is 3.89. The normalized spacial score (nSPS) is 19.4. The van der Waals surface area contributed by atoms with Gasteiger partial charge in [-0.2, -0.15) is 0 Å². The van der Waals surface area contributed by atoms with Crippen molar-refractivity contribution in [1.82, 2.24) is 10.6 Å². The van der Waals surface area contributed by atoms with E-state index in [2.05, 4.69) is 22.3 Å². The van der Waals surface area contributed by atoms with Gasteiger partial charge in [0.25, 0.3) is 0 Å². The van der Waals surface area contributed by atoms with E-state index in [0.29, 0.717) is 0 Å². The van der Waals surface area contributed by atoms with E-state index in [-0.39, 0.29) is 17.4 Å². The molecule has 0 spiro atoms. The van der Waals surface area contributed by atoms with E-state index in [4.69, 9.17) is 0 Å². The van der Waals surface area contributed by atoms with Gasteiger partial charge >= 0.3 is 6.09 Å². The lowest BCUT2D eigenvalue weighted by molar-refractivity contribution is -0.125. The summed E-state index contributed by atoms with van der Waals surface area (Å²) >= 11 is 0. The summed E-state index contributed by atoms with van der Waals surface area (Å²) in [6.07, 6.45) is 3.73. The zero-order valence-electron chi connectivity index (χ0n) is 11.7. The molecule has 1 saturated carbocycles. The van der Waals surface area contributed by atoms with Crippen LogP contribution in [0.4, 0.5) is 4.79 Å². The van der Waals surface area contributed by atoms with Gasteiger partial charge in [-0.05, 0) is 25.7 Å². The highest BCUT2D eigenvalue weighted by molar-refractivity contribution is 5.86. The van der Waals surface area contributed by atoms with Crippen LogP contribution in [0, 0.1) is 5.92 Å². The van der Waals surface area contributed by atoms with Crippen LogP contribution in [0.15, 0.2) is 0 Å². The lowest BCUT2D eigenvalue weighted by Crippen LogP contribution is -2.55. The summed E-state index contributed by atoms with van der Waals surface area (Å²) in [7, 11) is 1.29. The predicted molar refractivity (Wildman–Crippen MR) is 69.2 cm³/mol. The SMILES string of the molecule is COC(=O)N[C@@H](C(=O)NC1(C)CCCC1)C(C)C. The topological polar surface area (TPSA) is 67.4 Å². The minimum Gasteiger partial charge on any atom is -0.453 e. The first-order valence-electron chi connectivity index (χ1n) is 6.54. The van der Waals surface area contributed by atoms with Gasteiger partial charge in [0.15, 0.2) is 0 Å². The molecule has 1 aliphatic rings. The molecular weight excluding hydrogens is 232 g/mol. The van der Waals surface area contributed by atoms with Crippen LogP contribution in [0.3, 0.4) is 0 Å². The number of hydrogen-bond donors (Lipinski definition) is 2.